The van der Waals surface area contributed by atoms with E-state index in [4.69, 9.17) is 0 Å². The van der Waals surface area contributed by atoms with Gasteiger partial charge in [-0.15, -0.1) is 0 Å². The predicted molar refractivity (Wildman–Crippen MR) is 109 cm³/mol. The van der Waals surface area contributed by atoms with Gasteiger partial charge in [-0.05, 0) is 36.1 Å². The molecule has 7 heteroatoms. The first-order valence-electron chi connectivity index (χ1n) is 8.81. The molecular weight excluding hydrogens is 358 g/mol. The molecule has 0 bridgehead atoms. The normalized spacial score (nSPS) is 11.4. The number of nitrogens with zero attached hydrogens (tertiary/aromatic N) is 1. The van der Waals surface area contributed by atoms with Gasteiger partial charge in [0.25, 0.3) is 11.6 Å². The van der Waals surface area contributed by atoms with Gasteiger partial charge in [0, 0.05) is 34.3 Å². The van der Waals surface area contributed by atoms with E-state index in [-0.39, 0.29) is 22.2 Å². The van der Waals surface area contributed by atoms with E-state index in [0.29, 0.717) is 16.8 Å². The summed E-state index contributed by atoms with van der Waals surface area (Å²) in [7, 11) is 0. The molecule has 3 rings (SSSR count). The van der Waals surface area contributed by atoms with E-state index >= 15 is 0 Å². The van der Waals surface area contributed by atoms with Crippen LogP contribution in [0.1, 0.15) is 42.3 Å². The summed E-state index contributed by atoms with van der Waals surface area (Å²) in [5.74, 6) is -0.449. The van der Waals surface area contributed by atoms with Crippen LogP contribution in [0, 0.1) is 17.0 Å². The Morgan fingerprint density at radius 3 is 2.50 bits per heavy atom. The van der Waals surface area contributed by atoms with Gasteiger partial charge in [-0.25, -0.2) is 0 Å². The van der Waals surface area contributed by atoms with Crippen LogP contribution in [0.3, 0.4) is 0 Å². The van der Waals surface area contributed by atoms with Crippen LogP contribution in [0.15, 0.2) is 47.3 Å². The van der Waals surface area contributed by atoms with Gasteiger partial charge in [-0.1, -0.05) is 32.9 Å². The van der Waals surface area contributed by atoms with Crippen LogP contribution in [0.25, 0.3) is 10.9 Å². The van der Waals surface area contributed by atoms with E-state index < -0.39 is 10.8 Å². The number of nitro groups is 1. The topological polar surface area (TPSA) is 105 Å². The van der Waals surface area contributed by atoms with Crippen LogP contribution in [-0.4, -0.2) is 15.8 Å². The first-order valence-corrected chi connectivity index (χ1v) is 8.81. The molecule has 1 aromatic heterocycles. The molecule has 1 heterocycles. The van der Waals surface area contributed by atoms with Crippen molar-refractivity contribution in [3.05, 3.63) is 79.6 Å². The van der Waals surface area contributed by atoms with E-state index in [1.165, 1.54) is 18.2 Å². The maximum atomic E-state index is 12.6. The van der Waals surface area contributed by atoms with Gasteiger partial charge >= 0.3 is 0 Å². The first-order chi connectivity index (χ1) is 13.1. The number of H-pyrrole nitrogens is 1. The summed E-state index contributed by atoms with van der Waals surface area (Å²) >= 11 is 0. The zero-order valence-corrected chi connectivity index (χ0v) is 16.1. The van der Waals surface area contributed by atoms with E-state index in [1.54, 1.807) is 25.1 Å². The molecule has 2 N–H and O–H groups in total. The SMILES string of the molecule is Cc1c(C(=O)Nc2ccc3c(C(C)(C)C)cc(=O)[nH]c3c2)cccc1[N+](=O)[O-]. The number of hydrogen-bond acceptors (Lipinski definition) is 4. The maximum absolute atomic E-state index is 12.6. The Bertz CT molecular complexity index is 1160. The lowest BCUT2D eigenvalue weighted by Gasteiger charge is -2.21. The number of carbonyl (C=O) groups excluding carboxylic acids is 1. The maximum Gasteiger partial charge on any atom is 0.273 e. The Labute approximate surface area is 161 Å². The average molecular weight is 379 g/mol. The summed E-state index contributed by atoms with van der Waals surface area (Å²) in [5, 5.41) is 14.7. The minimum atomic E-state index is -0.513. The number of fused-ring (bicyclic) bond motifs is 1. The fourth-order valence-electron chi connectivity index (χ4n) is 3.22. The zero-order valence-electron chi connectivity index (χ0n) is 16.1. The monoisotopic (exact) mass is 379 g/mol. The molecule has 0 radical (unpaired) electrons. The van der Waals surface area contributed by atoms with Gasteiger partial charge in [0.15, 0.2) is 0 Å². The third-order valence-electron chi connectivity index (χ3n) is 4.66. The molecule has 3 aromatic rings. The summed E-state index contributed by atoms with van der Waals surface area (Å²) in [5.41, 5.74) is 2.02. The molecule has 0 aliphatic heterocycles. The lowest BCUT2D eigenvalue weighted by molar-refractivity contribution is -0.385. The van der Waals surface area contributed by atoms with Gasteiger partial charge in [0.2, 0.25) is 5.56 Å². The standard InChI is InChI=1S/C21H21N3O4/c1-12-14(6-5-7-18(12)24(27)28)20(26)22-13-8-9-15-16(21(2,3)4)11-19(25)23-17(15)10-13/h5-11H,1-4H3,(H,22,26)(H,23,25). The molecule has 0 fully saturated rings. The third-order valence-corrected chi connectivity index (χ3v) is 4.66. The largest absolute Gasteiger partial charge is 0.322 e. The molecule has 0 aliphatic carbocycles. The summed E-state index contributed by atoms with van der Waals surface area (Å²) < 4.78 is 0. The van der Waals surface area contributed by atoms with Crippen LogP contribution < -0.4 is 10.9 Å². The van der Waals surface area contributed by atoms with Gasteiger partial charge in [0.1, 0.15) is 0 Å². The van der Waals surface area contributed by atoms with Gasteiger partial charge < -0.3 is 10.3 Å². The predicted octanol–water partition coefficient (Wildman–Crippen LogP) is 4.29. The number of nitro benzene ring substituents is 1. The number of carbonyl (C=O) groups is 1. The number of nitrogens with one attached hydrogen (secondary N) is 2. The smallest absolute Gasteiger partial charge is 0.273 e. The second kappa shape index (κ2) is 6.92. The van der Waals surface area contributed by atoms with Crippen LogP contribution in [0.2, 0.25) is 0 Å². The number of benzene rings is 2. The highest BCUT2D eigenvalue weighted by Crippen LogP contribution is 2.29. The minimum Gasteiger partial charge on any atom is -0.322 e. The second-order valence-corrected chi connectivity index (χ2v) is 7.72. The molecule has 2 aromatic carbocycles. The van der Waals surface area contributed by atoms with Crippen molar-refractivity contribution in [2.75, 3.05) is 5.32 Å². The Kier molecular flexibility index (Phi) is 4.77. The molecular formula is C21H21N3O4. The highest BCUT2D eigenvalue weighted by molar-refractivity contribution is 6.06. The quantitative estimate of drug-likeness (QED) is 0.523. The number of rotatable bonds is 3. The summed E-state index contributed by atoms with van der Waals surface area (Å²) in [6.07, 6.45) is 0. The van der Waals surface area contributed by atoms with Crippen LogP contribution >= 0.6 is 0 Å². The van der Waals surface area contributed by atoms with E-state index in [2.05, 4.69) is 10.3 Å². The molecule has 0 saturated carbocycles. The van der Waals surface area contributed by atoms with Crippen molar-refractivity contribution in [1.29, 1.82) is 0 Å². The molecule has 0 aliphatic rings. The average Bonchev–Trinajstić information content (AvgIpc) is 2.59. The number of hydrogen-bond donors (Lipinski definition) is 2. The number of amides is 1. The molecule has 144 valence electrons. The highest BCUT2D eigenvalue weighted by atomic mass is 16.6. The molecule has 1 amide bonds. The lowest BCUT2D eigenvalue weighted by Crippen LogP contribution is -2.18. The van der Waals surface area contributed by atoms with E-state index in [9.17, 15) is 19.7 Å². The molecule has 0 saturated heterocycles. The van der Waals surface area contributed by atoms with Gasteiger partial charge in [-0.2, -0.15) is 0 Å². The van der Waals surface area contributed by atoms with Crippen molar-refractivity contribution < 1.29 is 9.72 Å². The molecule has 0 spiro atoms. The summed E-state index contributed by atoms with van der Waals surface area (Å²) in [6, 6.07) is 11.3. The van der Waals surface area contributed by atoms with Crippen molar-refractivity contribution in [1.82, 2.24) is 4.98 Å². The van der Waals surface area contributed by atoms with E-state index in [1.807, 2.05) is 26.8 Å². The van der Waals surface area contributed by atoms with Gasteiger partial charge in [-0.3, -0.25) is 19.7 Å². The first kappa shape index (κ1) is 19.3. The fourth-order valence-corrected chi connectivity index (χ4v) is 3.22. The van der Waals surface area contributed by atoms with Crippen molar-refractivity contribution >= 4 is 28.2 Å². The molecule has 0 unspecified atom stereocenters. The number of aromatic amines is 1. The minimum absolute atomic E-state index is 0.106. The molecule has 28 heavy (non-hydrogen) atoms. The Morgan fingerprint density at radius 2 is 1.86 bits per heavy atom. The van der Waals surface area contributed by atoms with Crippen LogP contribution in [-0.2, 0) is 5.41 Å². The summed E-state index contributed by atoms with van der Waals surface area (Å²) in [6.45, 7) is 7.63. The number of pyridine rings is 1. The third kappa shape index (κ3) is 3.64. The zero-order chi connectivity index (χ0) is 20.6. The Morgan fingerprint density at radius 1 is 1.14 bits per heavy atom. The van der Waals surface area contributed by atoms with Crippen LogP contribution in [0.4, 0.5) is 11.4 Å². The van der Waals surface area contributed by atoms with E-state index in [0.717, 1.165) is 10.9 Å². The van der Waals surface area contributed by atoms with Crippen molar-refractivity contribution in [2.24, 2.45) is 0 Å². The number of aromatic nitrogens is 1. The van der Waals surface area contributed by atoms with Crippen molar-refractivity contribution in [2.45, 2.75) is 33.1 Å². The Balaban J connectivity index is 2.00. The fraction of sp³-hybridized carbons (Fsp3) is 0.238. The Hall–Kier alpha value is -3.48. The lowest BCUT2D eigenvalue weighted by atomic mass is 9.85. The van der Waals surface area contributed by atoms with Crippen molar-refractivity contribution in [3.8, 4) is 0 Å². The highest BCUT2D eigenvalue weighted by Gasteiger charge is 2.20. The summed E-state index contributed by atoms with van der Waals surface area (Å²) in [4.78, 5) is 38.0. The molecule has 7 nitrogen and oxygen atoms in total. The van der Waals surface area contributed by atoms with Crippen LogP contribution in [0.5, 0.6) is 0 Å². The van der Waals surface area contributed by atoms with Crippen molar-refractivity contribution in [3.63, 3.8) is 0 Å². The van der Waals surface area contributed by atoms with Gasteiger partial charge in [0.05, 0.1) is 10.4 Å². The second-order valence-electron chi connectivity index (χ2n) is 7.72. The molecule has 0 atom stereocenters. The number of anilines is 1.